The van der Waals surface area contributed by atoms with E-state index in [0.29, 0.717) is 6.04 Å². The van der Waals surface area contributed by atoms with Crippen molar-refractivity contribution in [3.8, 4) is 0 Å². The largest absolute Gasteiger partial charge is 0.369 e. The molecular formula is C20H28N4S. The van der Waals surface area contributed by atoms with Crippen molar-refractivity contribution in [1.29, 1.82) is 0 Å². The Hall–Kier alpha value is -1.59. The normalized spacial score (nSPS) is 21.9. The number of hydrogen-bond donors (Lipinski definition) is 0. The molecule has 2 fully saturated rings. The van der Waals surface area contributed by atoms with Crippen molar-refractivity contribution in [2.75, 3.05) is 42.5 Å². The zero-order valence-corrected chi connectivity index (χ0v) is 16.1. The van der Waals surface area contributed by atoms with Gasteiger partial charge in [0.2, 0.25) is 0 Å². The molecule has 0 amide bonds. The van der Waals surface area contributed by atoms with Gasteiger partial charge in [0.1, 0.15) is 0 Å². The van der Waals surface area contributed by atoms with E-state index in [1.54, 1.807) is 0 Å². The molecule has 1 aromatic heterocycles. The monoisotopic (exact) mass is 356 g/mol. The zero-order chi connectivity index (χ0) is 17.2. The van der Waals surface area contributed by atoms with Gasteiger partial charge in [-0.1, -0.05) is 17.7 Å². The Morgan fingerprint density at radius 3 is 2.52 bits per heavy atom. The molecule has 1 atom stereocenters. The van der Waals surface area contributed by atoms with Gasteiger partial charge in [-0.05, 0) is 38.8 Å². The third kappa shape index (κ3) is 3.82. The van der Waals surface area contributed by atoms with Crippen LogP contribution in [0, 0.1) is 6.92 Å². The molecule has 5 heteroatoms. The van der Waals surface area contributed by atoms with E-state index in [4.69, 9.17) is 0 Å². The first-order valence-electron chi connectivity index (χ1n) is 9.44. The summed E-state index contributed by atoms with van der Waals surface area (Å²) in [6.45, 7) is 11.2. The van der Waals surface area contributed by atoms with E-state index in [1.807, 2.05) is 11.3 Å². The van der Waals surface area contributed by atoms with Crippen LogP contribution in [0.15, 0.2) is 30.5 Å². The molecule has 0 spiro atoms. The van der Waals surface area contributed by atoms with E-state index in [1.165, 1.54) is 47.2 Å². The van der Waals surface area contributed by atoms with Gasteiger partial charge in [0.05, 0.1) is 0 Å². The summed E-state index contributed by atoms with van der Waals surface area (Å²) in [7, 11) is 0. The van der Waals surface area contributed by atoms with Gasteiger partial charge in [-0.2, -0.15) is 0 Å². The summed E-state index contributed by atoms with van der Waals surface area (Å²) in [6, 6.07) is 9.49. The number of anilines is 2. The number of thiazole rings is 1. The first kappa shape index (κ1) is 16.9. The maximum Gasteiger partial charge on any atom is 0.185 e. The van der Waals surface area contributed by atoms with Crippen molar-refractivity contribution in [2.45, 2.75) is 39.3 Å². The van der Waals surface area contributed by atoms with Crippen LogP contribution in [0.1, 0.15) is 30.2 Å². The predicted octanol–water partition coefficient (Wildman–Crippen LogP) is 3.76. The van der Waals surface area contributed by atoms with Gasteiger partial charge in [-0.15, -0.1) is 11.3 Å². The fourth-order valence-electron chi connectivity index (χ4n) is 3.85. The van der Waals surface area contributed by atoms with Crippen LogP contribution >= 0.6 is 11.3 Å². The fraction of sp³-hybridized carbons (Fsp3) is 0.550. The molecule has 25 heavy (non-hydrogen) atoms. The number of benzene rings is 1. The molecule has 2 aliphatic heterocycles. The van der Waals surface area contributed by atoms with E-state index in [0.717, 1.165) is 26.2 Å². The lowest BCUT2D eigenvalue weighted by Gasteiger charge is -2.40. The van der Waals surface area contributed by atoms with Crippen LogP contribution in [0.25, 0.3) is 0 Å². The summed E-state index contributed by atoms with van der Waals surface area (Å²) < 4.78 is 0. The van der Waals surface area contributed by atoms with Gasteiger partial charge in [-0.25, -0.2) is 4.98 Å². The zero-order valence-electron chi connectivity index (χ0n) is 15.3. The highest BCUT2D eigenvalue weighted by Crippen LogP contribution is 2.28. The Balaban J connectivity index is 1.36. The molecular weight excluding hydrogens is 328 g/mol. The Morgan fingerprint density at radius 2 is 1.80 bits per heavy atom. The average Bonchev–Trinajstić information content (AvgIpc) is 3.29. The molecule has 1 aromatic carbocycles. The number of hydrogen-bond acceptors (Lipinski definition) is 5. The highest BCUT2D eigenvalue weighted by atomic mass is 32.1. The molecule has 0 radical (unpaired) electrons. The van der Waals surface area contributed by atoms with Crippen LogP contribution in [0.5, 0.6) is 0 Å². The van der Waals surface area contributed by atoms with E-state index >= 15 is 0 Å². The molecule has 134 valence electrons. The number of aryl methyl sites for hydroxylation is 1. The summed E-state index contributed by atoms with van der Waals surface area (Å²) in [5.74, 6) is 0. The fourth-order valence-corrected chi connectivity index (χ4v) is 4.83. The first-order valence-corrected chi connectivity index (χ1v) is 10.3. The van der Waals surface area contributed by atoms with Crippen LogP contribution in [0.2, 0.25) is 0 Å². The number of piperazine rings is 1. The molecule has 4 rings (SSSR count). The smallest absolute Gasteiger partial charge is 0.185 e. The summed E-state index contributed by atoms with van der Waals surface area (Å²) in [4.78, 5) is 13.6. The van der Waals surface area contributed by atoms with Gasteiger partial charge < -0.3 is 9.80 Å². The second kappa shape index (κ2) is 7.34. The second-order valence-electron chi connectivity index (χ2n) is 7.40. The van der Waals surface area contributed by atoms with Crippen LogP contribution in [0.3, 0.4) is 0 Å². The molecule has 0 aliphatic carbocycles. The summed E-state index contributed by atoms with van der Waals surface area (Å²) in [5.41, 5.74) is 2.68. The number of aromatic nitrogens is 1. The molecule has 0 unspecified atom stereocenters. The Morgan fingerprint density at radius 1 is 1.04 bits per heavy atom. The lowest BCUT2D eigenvalue weighted by Crippen LogP contribution is -2.51. The Bertz CT molecular complexity index is 690. The Labute approximate surface area is 155 Å². The van der Waals surface area contributed by atoms with Crippen molar-refractivity contribution in [2.24, 2.45) is 0 Å². The molecule has 0 bridgehead atoms. The van der Waals surface area contributed by atoms with Crippen LogP contribution < -0.4 is 9.80 Å². The molecule has 2 aromatic rings. The van der Waals surface area contributed by atoms with Crippen molar-refractivity contribution in [1.82, 2.24) is 9.88 Å². The SMILES string of the molecule is Cc1ccc(N2CCN(Cc3cnc(N4CCCC4)s3)[C@H](C)C2)cc1. The predicted molar refractivity (Wildman–Crippen MR) is 107 cm³/mol. The molecule has 2 saturated heterocycles. The topological polar surface area (TPSA) is 22.6 Å². The molecule has 2 aliphatic rings. The maximum atomic E-state index is 4.67. The van der Waals surface area contributed by atoms with Crippen molar-refractivity contribution < 1.29 is 0 Å². The highest BCUT2D eigenvalue weighted by Gasteiger charge is 2.25. The standard InChI is InChI=1S/C20H28N4S/c1-16-5-7-18(8-6-16)24-12-11-23(17(2)14-24)15-19-13-21-20(25-19)22-9-3-4-10-22/h5-8,13,17H,3-4,9-12,14-15H2,1-2H3/t17-/m1/s1. The highest BCUT2D eigenvalue weighted by molar-refractivity contribution is 7.15. The van der Waals surface area contributed by atoms with E-state index < -0.39 is 0 Å². The summed E-state index contributed by atoms with van der Waals surface area (Å²) in [6.07, 6.45) is 4.72. The van der Waals surface area contributed by atoms with E-state index in [9.17, 15) is 0 Å². The van der Waals surface area contributed by atoms with Crippen LogP contribution in [-0.2, 0) is 6.54 Å². The summed E-state index contributed by atoms with van der Waals surface area (Å²) >= 11 is 1.88. The van der Waals surface area contributed by atoms with E-state index in [-0.39, 0.29) is 0 Å². The van der Waals surface area contributed by atoms with Crippen molar-refractivity contribution in [3.63, 3.8) is 0 Å². The maximum absolute atomic E-state index is 4.67. The van der Waals surface area contributed by atoms with Gasteiger partial charge in [-0.3, -0.25) is 4.90 Å². The minimum Gasteiger partial charge on any atom is -0.369 e. The van der Waals surface area contributed by atoms with Gasteiger partial charge >= 0.3 is 0 Å². The third-order valence-corrected chi connectivity index (χ3v) is 6.48. The second-order valence-corrected chi connectivity index (χ2v) is 8.50. The lowest BCUT2D eigenvalue weighted by atomic mass is 10.1. The van der Waals surface area contributed by atoms with Gasteiger partial charge in [0.25, 0.3) is 0 Å². The molecule has 3 heterocycles. The molecule has 4 nitrogen and oxygen atoms in total. The van der Waals surface area contributed by atoms with Crippen molar-refractivity contribution >= 4 is 22.2 Å². The lowest BCUT2D eigenvalue weighted by molar-refractivity contribution is 0.182. The van der Waals surface area contributed by atoms with Gasteiger partial charge in [0.15, 0.2) is 5.13 Å². The van der Waals surface area contributed by atoms with Gasteiger partial charge in [0, 0.05) is 62.1 Å². The van der Waals surface area contributed by atoms with Crippen LogP contribution in [0.4, 0.5) is 10.8 Å². The van der Waals surface area contributed by atoms with Crippen LogP contribution in [-0.4, -0.2) is 48.6 Å². The third-order valence-electron chi connectivity index (χ3n) is 5.44. The first-order chi connectivity index (χ1) is 12.2. The quantitative estimate of drug-likeness (QED) is 0.832. The molecule has 0 N–H and O–H groups in total. The minimum absolute atomic E-state index is 0.562. The van der Waals surface area contributed by atoms with Crippen molar-refractivity contribution in [3.05, 3.63) is 40.9 Å². The van der Waals surface area contributed by atoms with E-state index in [2.05, 4.69) is 64.0 Å². The number of nitrogens with zero attached hydrogens (tertiary/aromatic N) is 4. The average molecular weight is 357 g/mol. The Kier molecular flexibility index (Phi) is 4.95. The summed E-state index contributed by atoms with van der Waals surface area (Å²) in [5, 5.41) is 1.22. The molecule has 0 saturated carbocycles. The minimum atomic E-state index is 0.562. The number of rotatable bonds is 4.